The van der Waals surface area contributed by atoms with E-state index in [2.05, 4.69) is 14.9 Å². The van der Waals surface area contributed by atoms with E-state index < -0.39 is 10.0 Å². The number of rotatable bonds is 7. The third-order valence-electron chi connectivity index (χ3n) is 5.47. The molecule has 1 aliphatic rings. The molecule has 32 heavy (non-hydrogen) atoms. The number of anilines is 2. The molecule has 1 saturated heterocycles. The van der Waals surface area contributed by atoms with Crippen LogP contribution in [0.2, 0.25) is 0 Å². The lowest BCUT2D eigenvalue weighted by atomic mass is 10.1. The van der Waals surface area contributed by atoms with Crippen LogP contribution < -0.4 is 24.4 Å². The molecule has 0 unspecified atom stereocenters. The molecular formula is C24H27N3O4S. The van der Waals surface area contributed by atoms with Crippen LogP contribution in [0.1, 0.15) is 0 Å². The zero-order chi connectivity index (χ0) is 22.6. The molecule has 3 aromatic carbocycles. The highest BCUT2D eigenvalue weighted by Crippen LogP contribution is 2.35. The lowest BCUT2D eigenvalue weighted by molar-refractivity contribution is 0.412. The summed E-state index contributed by atoms with van der Waals surface area (Å²) in [6.45, 7) is 3.23. The van der Waals surface area contributed by atoms with E-state index in [1.807, 2.05) is 36.4 Å². The zero-order valence-corrected chi connectivity index (χ0v) is 19.0. The van der Waals surface area contributed by atoms with Gasteiger partial charge in [-0.25, -0.2) is 8.42 Å². The minimum absolute atomic E-state index is 0.166. The van der Waals surface area contributed by atoms with Crippen LogP contribution in [0, 0.1) is 0 Å². The van der Waals surface area contributed by atoms with Crippen molar-refractivity contribution >= 4 is 21.4 Å². The lowest BCUT2D eigenvalue weighted by Crippen LogP contribution is -2.43. The largest absolute Gasteiger partial charge is 0.495 e. The summed E-state index contributed by atoms with van der Waals surface area (Å²) in [7, 11) is -0.749. The Morgan fingerprint density at radius 1 is 0.844 bits per heavy atom. The molecular weight excluding hydrogens is 426 g/mol. The van der Waals surface area contributed by atoms with Crippen LogP contribution in [0.3, 0.4) is 0 Å². The Bertz CT molecular complexity index is 1180. The predicted molar refractivity (Wildman–Crippen MR) is 127 cm³/mol. The highest BCUT2D eigenvalue weighted by molar-refractivity contribution is 7.92. The molecule has 1 aliphatic heterocycles. The first-order valence-corrected chi connectivity index (χ1v) is 11.9. The van der Waals surface area contributed by atoms with Crippen molar-refractivity contribution < 1.29 is 17.9 Å². The topological polar surface area (TPSA) is 79.9 Å². The summed E-state index contributed by atoms with van der Waals surface area (Å²) in [5.41, 5.74) is 3.02. The minimum Gasteiger partial charge on any atom is -0.495 e. The van der Waals surface area contributed by atoms with Gasteiger partial charge in [0.2, 0.25) is 0 Å². The molecule has 7 nitrogen and oxygen atoms in total. The lowest BCUT2D eigenvalue weighted by Gasteiger charge is -2.30. The molecule has 2 N–H and O–H groups in total. The summed E-state index contributed by atoms with van der Waals surface area (Å²) in [5, 5.41) is 3.30. The van der Waals surface area contributed by atoms with Crippen molar-refractivity contribution in [3.05, 3.63) is 66.7 Å². The first-order valence-electron chi connectivity index (χ1n) is 10.4. The summed E-state index contributed by atoms with van der Waals surface area (Å²) in [6, 6.07) is 20.2. The molecule has 0 aromatic heterocycles. The molecule has 8 heteroatoms. The summed E-state index contributed by atoms with van der Waals surface area (Å²) in [6.07, 6.45) is 0. The van der Waals surface area contributed by atoms with Crippen molar-refractivity contribution in [2.45, 2.75) is 4.90 Å². The fourth-order valence-corrected chi connectivity index (χ4v) is 4.87. The van der Waals surface area contributed by atoms with Crippen molar-refractivity contribution in [2.75, 3.05) is 50.0 Å². The van der Waals surface area contributed by atoms with E-state index in [0.29, 0.717) is 17.2 Å². The van der Waals surface area contributed by atoms with Gasteiger partial charge in [-0.1, -0.05) is 36.4 Å². The maximum atomic E-state index is 13.3. The summed E-state index contributed by atoms with van der Waals surface area (Å²) < 4.78 is 40.2. The predicted octanol–water partition coefficient (Wildman–Crippen LogP) is 3.58. The van der Waals surface area contributed by atoms with Crippen LogP contribution in [0.5, 0.6) is 11.5 Å². The van der Waals surface area contributed by atoms with Gasteiger partial charge in [0.1, 0.15) is 11.5 Å². The highest BCUT2D eigenvalue weighted by Gasteiger charge is 2.22. The van der Waals surface area contributed by atoms with Gasteiger partial charge < -0.3 is 19.7 Å². The molecule has 0 atom stereocenters. The third kappa shape index (κ3) is 4.66. The zero-order valence-electron chi connectivity index (χ0n) is 18.2. The Kier molecular flexibility index (Phi) is 6.53. The van der Waals surface area contributed by atoms with Crippen LogP contribution >= 0.6 is 0 Å². The van der Waals surface area contributed by atoms with Gasteiger partial charge >= 0.3 is 0 Å². The van der Waals surface area contributed by atoms with E-state index in [1.165, 1.54) is 7.11 Å². The number of hydrogen-bond donors (Lipinski definition) is 2. The second-order valence-electron chi connectivity index (χ2n) is 7.46. The van der Waals surface area contributed by atoms with Gasteiger partial charge in [-0.3, -0.25) is 4.72 Å². The van der Waals surface area contributed by atoms with Crippen molar-refractivity contribution in [1.82, 2.24) is 5.32 Å². The first kappa shape index (κ1) is 22.0. The number of nitrogens with zero attached hydrogens (tertiary/aromatic N) is 1. The number of nitrogens with one attached hydrogen (secondary N) is 2. The van der Waals surface area contributed by atoms with E-state index in [0.717, 1.165) is 43.0 Å². The van der Waals surface area contributed by atoms with Gasteiger partial charge in [0.15, 0.2) is 0 Å². The molecule has 3 aromatic rings. The third-order valence-corrected chi connectivity index (χ3v) is 6.83. The Balaban J connectivity index is 1.69. The summed E-state index contributed by atoms with van der Waals surface area (Å²) in [5.74, 6) is 1.10. The van der Waals surface area contributed by atoms with Gasteiger partial charge in [-0.2, -0.15) is 0 Å². The number of piperazine rings is 1. The highest BCUT2D eigenvalue weighted by atomic mass is 32.2. The average molecular weight is 454 g/mol. The van der Waals surface area contributed by atoms with E-state index in [1.54, 1.807) is 37.4 Å². The number of hydrogen-bond acceptors (Lipinski definition) is 6. The monoisotopic (exact) mass is 453 g/mol. The summed E-state index contributed by atoms with van der Waals surface area (Å²) in [4.78, 5) is 2.30. The standard InChI is InChI=1S/C24H27N3O4S/c1-30-23-10-8-19(18-6-4-3-5-7-18)16-21(23)26-32(28,29)20-9-11-24(31-2)22(17-20)27-14-12-25-13-15-27/h3-11,16-17,25-26H,12-15H2,1-2H3. The maximum absolute atomic E-state index is 13.3. The van der Waals surface area contributed by atoms with Gasteiger partial charge in [0, 0.05) is 26.2 Å². The molecule has 0 bridgehead atoms. The van der Waals surface area contributed by atoms with Gasteiger partial charge in [0.25, 0.3) is 10.0 Å². The normalized spacial score (nSPS) is 14.1. The van der Waals surface area contributed by atoms with Gasteiger partial charge in [-0.05, 0) is 41.5 Å². The van der Waals surface area contributed by atoms with Gasteiger partial charge in [0.05, 0.1) is 30.5 Å². The molecule has 0 spiro atoms. The van der Waals surface area contributed by atoms with E-state index >= 15 is 0 Å². The van der Waals surface area contributed by atoms with Crippen LogP contribution in [0.4, 0.5) is 11.4 Å². The van der Waals surface area contributed by atoms with Gasteiger partial charge in [-0.15, -0.1) is 0 Å². The fourth-order valence-electron chi connectivity index (χ4n) is 3.79. The molecule has 168 valence electrons. The smallest absolute Gasteiger partial charge is 0.262 e. The fraction of sp³-hybridized carbons (Fsp3) is 0.250. The van der Waals surface area contributed by atoms with Crippen LogP contribution in [-0.2, 0) is 10.0 Å². The van der Waals surface area contributed by atoms with Crippen LogP contribution in [0.15, 0.2) is 71.6 Å². The summed E-state index contributed by atoms with van der Waals surface area (Å²) >= 11 is 0. The Morgan fingerprint density at radius 3 is 2.22 bits per heavy atom. The average Bonchev–Trinajstić information content (AvgIpc) is 2.84. The number of benzene rings is 3. The van der Waals surface area contributed by atoms with Crippen LogP contribution in [-0.4, -0.2) is 48.8 Å². The quantitative estimate of drug-likeness (QED) is 0.569. The molecule has 0 aliphatic carbocycles. The molecule has 1 fully saturated rings. The van der Waals surface area contributed by atoms with Crippen molar-refractivity contribution in [1.29, 1.82) is 0 Å². The second-order valence-corrected chi connectivity index (χ2v) is 9.14. The number of sulfonamides is 1. The van der Waals surface area contributed by atoms with Crippen molar-refractivity contribution in [3.8, 4) is 22.6 Å². The van der Waals surface area contributed by atoms with E-state index in [4.69, 9.17) is 9.47 Å². The minimum atomic E-state index is -3.86. The van der Waals surface area contributed by atoms with E-state index in [9.17, 15) is 8.42 Å². The van der Waals surface area contributed by atoms with E-state index in [-0.39, 0.29) is 4.90 Å². The number of methoxy groups -OCH3 is 2. The Morgan fingerprint density at radius 2 is 1.53 bits per heavy atom. The Hall–Kier alpha value is -3.23. The molecule has 4 rings (SSSR count). The molecule has 0 saturated carbocycles. The Labute approximate surface area is 189 Å². The SMILES string of the molecule is COc1ccc(-c2ccccc2)cc1NS(=O)(=O)c1ccc(OC)c(N2CCNCC2)c1. The maximum Gasteiger partial charge on any atom is 0.262 e. The van der Waals surface area contributed by atoms with Crippen molar-refractivity contribution in [3.63, 3.8) is 0 Å². The number of ether oxygens (including phenoxy) is 2. The first-order chi connectivity index (χ1) is 15.5. The molecule has 0 amide bonds. The second kappa shape index (κ2) is 9.50. The van der Waals surface area contributed by atoms with Crippen molar-refractivity contribution in [2.24, 2.45) is 0 Å². The molecule has 1 heterocycles. The molecule has 0 radical (unpaired) electrons. The van der Waals surface area contributed by atoms with Crippen LogP contribution in [0.25, 0.3) is 11.1 Å².